The third-order valence-corrected chi connectivity index (χ3v) is 2.22. The van der Waals surface area contributed by atoms with E-state index in [0.29, 0.717) is 6.42 Å². The minimum atomic E-state index is -0.910. The highest BCUT2D eigenvalue weighted by molar-refractivity contribution is 5.87. The van der Waals surface area contributed by atoms with Gasteiger partial charge in [-0.2, -0.15) is 4.39 Å². The van der Waals surface area contributed by atoms with Crippen molar-refractivity contribution >= 4 is 5.97 Å². The van der Waals surface area contributed by atoms with Crippen molar-refractivity contribution < 1.29 is 13.9 Å². The third-order valence-electron chi connectivity index (χ3n) is 2.22. The van der Waals surface area contributed by atoms with Crippen LogP contribution in [0.3, 0.4) is 0 Å². The van der Waals surface area contributed by atoms with Crippen molar-refractivity contribution in [3.8, 4) is 11.8 Å². The highest BCUT2D eigenvalue weighted by atomic mass is 19.1. The second-order valence-electron chi connectivity index (χ2n) is 3.63. The maximum atomic E-state index is 13.5. The van der Waals surface area contributed by atoms with Crippen LogP contribution < -0.4 is 0 Å². The number of allylic oxidation sites excluding steroid dienone is 1. The van der Waals surface area contributed by atoms with Crippen LogP contribution in [0.15, 0.2) is 11.4 Å². The number of carbonyl (C=O) groups excluding carboxylic acids is 1. The first kappa shape index (κ1) is 15.7. The average molecular weight is 240 g/mol. The lowest BCUT2D eigenvalue weighted by Crippen LogP contribution is -2.06. The van der Waals surface area contributed by atoms with Gasteiger partial charge in [-0.3, -0.25) is 0 Å². The van der Waals surface area contributed by atoms with Crippen molar-refractivity contribution in [1.29, 1.82) is 0 Å². The summed E-state index contributed by atoms with van der Waals surface area (Å²) in [7, 11) is 0. The molecular weight excluding hydrogens is 219 g/mol. The number of rotatable bonds is 6. The molecule has 0 fully saturated rings. The number of hydrogen-bond donors (Lipinski definition) is 0. The number of unbranched alkanes of at least 4 members (excludes halogenated alkanes) is 3. The Kier molecular flexibility index (Phi) is 9.14. The molecule has 0 aliphatic carbocycles. The highest BCUT2D eigenvalue weighted by Gasteiger charge is 2.13. The van der Waals surface area contributed by atoms with E-state index < -0.39 is 11.8 Å². The highest BCUT2D eigenvalue weighted by Crippen LogP contribution is 2.11. The predicted octanol–water partition coefficient (Wildman–Crippen LogP) is 3.77. The van der Waals surface area contributed by atoms with E-state index in [4.69, 9.17) is 0 Å². The zero-order chi connectivity index (χ0) is 13.1. The summed E-state index contributed by atoms with van der Waals surface area (Å²) in [5.41, 5.74) is 0.236. The van der Waals surface area contributed by atoms with E-state index in [1.165, 1.54) is 0 Å². The van der Waals surface area contributed by atoms with E-state index in [0.717, 1.165) is 25.7 Å². The van der Waals surface area contributed by atoms with E-state index in [1.807, 2.05) is 0 Å². The molecule has 2 nitrogen and oxygen atoms in total. The minimum absolute atomic E-state index is 0.174. The molecule has 3 heteroatoms. The Bertz CT molecular complexity index is 321. The average Bonchev–Trinajstić information content (AvgIpc) is 2.33. The summed E-state index contributed by atoms with van der Waals surface area (Å²) in [5.74, 6) is 3.85. The van der Waals surface area contributed by atoms with Crippen LogP contribution >= 0.6 is 0 Å². The summed E-state index contributed by atoms with van der Waals surface area (Å²) in [6, 6.07) is 0. The first-order valence-electron chi connectivity index (χ1n) is 6.21. The molecule has 0 heterocycles. The molecule has 0 saturated carbocycles. The van der Waals surface area contributed by atoms with Gasteiger partial charge in [-0.15, -0.1) is 0 Å². The molecule has 0 rings (SSSR count). The van der Waals surface area contributed by atoms with Crippen LogP contribution in [0.2, 0.25) is 0 Å². The first-order chi connectivity index (χ1) is 8.17. The third kappa shape index (κ3) is 6.78. The fraction of sp³-hybridized carbons (Fsp3) is 0.643. The van der Waals surface area contributed by atoms with Crippen LogP contribution in [0.4, 0.5) is 4.39 Å². The summed E-state index contributed by atoms with van der Waals surface area (Å²) in [5, 5.41) is 0. The van der Waals surface area contributed by atoms with Gasteiger partial charge in [0.2, 0.25) is 5.83 Å². The van der Waals surface area contributed by atoms with Crippen LogP contribution in [-0.2, 0) is 9.53 Å². The quantitative estimate of drug-likeness (QED) is 0.306. The molecule has 0 spiro atoms. The van der Waals surface area contributed by atoms with E-state index in [-0.39, 0.29) is 12.2 Å². The molecule has 0 aromatic rings. The molecule has 0 saturated heterocycles. The first-order valence-corrected chi connectivity index (χ1v) is 6.21. The summed E-state index contributed by atoms with van der Waals surface area (Å²) in [4.78, 5) is 11.2. The molecule has 0 unspecified atom stereocenters. The molecule has 96 valence electrons. The van der Waals surface area contributed by atoms with Crippen LogP contribution in [0.25, 0.3) is 0 Å². The molecular formula is C14H21FO2. The van der Waals surface area contributed by atoms with Gasteiger partial charge in [0.1, 0.15) is 0 Å². The molecule has 0 radical (unpaired) electrons. The summed E-state index contributed by atoms with van der Waals surface area (Å²) in [6.07, 6.45) is 4.43. The number of ether oxygens (including phenoxy) is 1. The van der Waals surface area contributed by atoms with Crippen LogP contribution in [-0.4, -0.2) is 12.6 Å². The zero-order valence-corrected chi connectivity index (χ0v) is 10.9. The summed E-state index contributed by atoms with van der Waals surface area (Å²) in [6.45, 7) is 5.71. The Hall–Kier alpha value is -1.30. The van der Waals surface area contributed by atoms with Crippen molar-refractivity contribution in [3.05, 3.63) is 11.4 Å². The molecule has 0 amide bonds. The summed E-state index contributed by atoms with van der Waals surface area (Å²) >= 11 is 0. The van der Waals surface area contributed by atoms with Crippen LogP contribution in [0.1, 0.15) is 52.9 Å². The van der Waals surface area contributed by atoms with Gasteiger partial charge in [0.25, 0.3) is 0 Å². The molecule has 17 heavy (non-hydrogen) atoms. The largest absolute Gasteiger partial charge is 0.461 e. The fourth-order valence-electron chi connectivity index (χ4n) is 1.25. The lowest BCUT2D eigenvalue weighted by atomic mass is 10.1. The molecule has 0 aliphatic rings. The predicted molar refractivity (Wildman–Crippen MR) is 67.0 cm³/mol. The Labute approximate surface area is 103 Å². The Morgan fingerprint density at radius 2 is 1.94 bits per heavy atom. The van der Waals surface area contributed by atoms with Gasteiger partial charge in [-0.25, -0.2) is 4.79 Å². The van der Waals surface area contributed by atoms with Crippen LogP contribution in [0, 0.1) is 11.8 Å². The smallest absolute Gasteiger partial charge is 0.368 e. The maximum absolute atomic E-state index is 13.5. The van der Waals surface area contributed by atoms with Gasteiger partial charge in [-0.05, 0) is 19.8 Å². The van der Waals surface area contributed by atoms with Crippen molar-refractivity contribution in [2.75, 3.05) is 6.61 Å². The molecule has 0 aromatic carbocycles. The van der Waals surface area contributed by atoms with E-state index in [9.17, 15) is 9.18 Å². The van der Waals surface area contributed by atoms with Gasteiger partial charge in [-0.1, -0.05) is 38.5 Å². The SMILES string of the molecule is CCCCCC#C/C(CC)=C(\F)C(=O)OCC. The Morgan fingerprint density at radius 3 is 2.47 bits per heavy atom. The van der Waals surface area contributed by atoms with E-state index in [1.54, 1.807) is 13.8 Å². The summed E-state index contributed by atoms with van der Waals surface area (Å²) < 4.78 is 18.1. The van der Waals surface area contributed by atoms with Crippen molar-refractivity contribution in [2.24, 2.45) is 0 Å². The normalized spacial score (nSPS) is 11.3. The molecule has 0 aliphatic heterocycles. The lowest BCUT2D eigenvalue weighted by molar-refractivity contribution is -0.140. The second-order valence-corrected chi connectivity index (χ2v) is 3.63. The zero-order valence-electron chi connectivity index (χ0n) is 10.9. The maximum Gasteiger partial charge on any atom is 0.368 e. The van der Waals surface area contributed by atoms with E-state index >= 15 is 0 Å². The van der Waals surface area contributed by atoms with Gasteiger partial charge in [0, 0.05) is 12.0 Å². The topological polar surface area (TPSA) is 26.3 Å². The van der Waals surface area contributed by atoms with Gasteiger partial charge in [0.15, 0.2) is 0 Å². The van der Waals surface area contributed by atoms with Gasteiger partial charge >= 0.3 is 5.97 Å². The Morgan fingerprint density at radius 1 is 1.24 bits per heavy atom. The Balaban J connectivity index is 4.47. The number of esters is 1. The molecule has 0 N–H and O–H groups in total. The van der Waals surface area contributed by atoms with Crippen molar-refractivity contribution in [1.82, 2.24) is 0 Å². The van der Waals surface area contributed by atoms with Gasteiger partial charge < -0.3 is 4.74 Å². The molecule has 0 bridgehead atoms. The van der Waals surface area contributed by atoms with Crippen molar-refractivity contribution in [3.63, 3.8) is 0 Å². The number of halogens is 1. The number of carbonyl (C=O) groups is 1. The standard InChI is InChI=1S/C14H21FO2/c1-4-7-8-9-10-11-12(5-2)13(15)14(16)17-6-3/h4-9H2,1-3H3/b13-12-. The fourth-order valence-corrected chi connectivity index (χ4v) is 1.25. The van der Waals surface area contributed by atoms with Gasteiger partial charge in [0.05, 0.1) is 6.61 Å². The van der Waals surface area contributed by atoms with E-state index in [2.05, 4.69) is 23.5 Å². The second kappa shape index (κ2) is 9.89. The lowest BCUT2D eigenvalue weighted by Gasteiger charge is -2.00. The monoisotopic (exact) mass is 240 g/mol. The number of hydrogen-bond acceptors (Lipinski definition) is 2. The van der Waals surface area contributed by atoms with Crippen molar-refractivity contribution in [2.45, 2.75) is 52.9 Å². The molecule has 0 aromatic heterocycles. The minimum Gasteiger partial charge on any atom is -0.461 e. The van der Waals surface area contributed by atoms with Crippen LogP contribution in [0.5, 0.6) is 0 Å². The molecule has 0 atom stereocenters.